The first-order valence-electron chi connectivity index (χ1n) is 5.99. The maximum atomic E-state index is 5.22. The molecule has 0 atom stereocenters. The molecular weight excluding hydrogens is 214 g/mol. The summed E-state index contributed by atoms with van der Waals surface area (Å²) in [5.41, 5.74) is 2.07. The predicted molar refractivity (Wildman–Crippen MR) is 65.7 cm³/mol. The lowest BCUT2D eigenvalue weighted by molar-refractivity contribution is 0.425. The zero-order valence-corrected chi connectivity index (χ0v) is 9.81. The van der Waals surface area contributed by atoms with Crippen LogP contribution in [0, 0.1) is 6.92 Å². The first-order chi connectivity index (χ1) is 8.33. The van der Waals surface area contributed by atoms with Crippen molar-refractivity contribution in [2.45, 2.75) is 32.2 Å². The molecule has 0 spiro atoms. The first-order valence-corrected chi connectivity index (χ1v) is 5.99. The monoisotopic (exact) mass is 229 g/mol. The minimum atomic E-state index is 0.588. The van der Waals surface area contributed by atoms with Gasteiger partial charge in [0.05, 0.1) is 5.56 Å². The topological polar surface area (TPSA) is 51.0 Å². The van der Waals surface area contributed by atoms with Gasteiger partial charge in [0.1, 0.15) is 0 Å². The molecule has 0 unspecified atom stereocenters. The number of benzene rings is 1. The zero-order chi connectivity index (χ0) is 11.7. The fourth-order valence-electron chi connectivity index (χ4n) is 1.97. The molecule has 1 aliphatic carbocycles. The normalized spacial score (nSPS) is 15.6. The second kappa shape index (κ2) is 4.20. The van der Waals surface area contributed by atoms with Gasteiger partial charge in [-0.25, -0.2) is 0 Å². The molecule has 1 aromatic heterocycles. The Morgan fingerprint density at radius 1 is 1.29 bits per heavy atom. The first kappa shape index (κ1) is 10.3. The Labute approximate surface area is 100 Å². The second-order valence-electron chi connectivity index (χ2n) is 4.46. The predicted octanol–water partition coefficient (Wildman–Crippen LogP) is 3.01. The minimum absolute atomic E-state index is 0.588. The molecular formula is C13H15N3O. The summed E-state index contributed by atoms with van der Waals surface area (Å²) in [6.07, 6.45) is 3.81. The van der Waals surface area contributed by atoms with E-state index in [1.54, 1.807) is 0 Å². The van der Waals surface area contributed by atoms with Crippen molar-refractivity contribution in [2.24, 2.45) is 0 Å². The highest BCUT2D eigenvalue weighted by molar-refractivity contribution is 5.72. The van der Waals surface area contributed by atoms with Gasteiger partial charge in [0.15, 0.2) is 5.82 Å². The molecule has 4 heteroatoms. The maximum absolute atomic E-state index is 5.22. The quantitative estimate of drug-likeness (QED) is 0.879. The lowest BCUT2D eigenvalue weighted by Gasteiger charge is -2.28. The molecule has 3 rings (SSSR count). The van der Waals surface area contributed by atoms with E-state index in [-0.39, 0.29) is 0 Å². The molecule has 2 aromatic rings. The number of para-hydroxylation sites is 1. The van der Waals surface area contributed by atoms with Gasteiger partial charge in [-0.05, 0) is 38.3 Å². The summed E-state index contributed by atoms with van der Waals surface area (Å²) < 4.78 is 5.22. The van der Waals surface area contributed by atoms with E-state index in [2.05, 4.69) is 21.5 Å². The van der Waals surface area contributed by atoms with Gasteiger partial charge in [0.2, 0.25) is 0 Å². The molecule has 0 aliphatic heterocycles. The van der Waals surface area contributed by atoms with Gasteiger partial charge in [0.25, 0.3) is 5.89 Å². The van der Waals surface area contributed by atoms with E-state index in [4.69, 9.17) is 4.52 Å². The minimum Gasteiger partial charge on any atom is -0.382 e. The Morgan fingerprint density at radius 3 is 2.76 bits per heavy atom. The third-order valence-corrected chi connectivity index (χ3v) is 3.15. The largest absolute Gasteiger partial charge is 0.382 e. The van der Waals surface area contributed by atoms with Gasteiger partial charge < -0.3 is 9.84 Å². The molecule has 17 heavy (non-hydrogen) atoms. The third-order valence-electron chi connectivity index (χ3n) is 3.15. The molecule has 0 amide bonds. The van der Waals surface area contributed by atoms with Crippen LogP contribution >= 0.6 is 0 Å². The summed E-state index contributed by atoms with van der Waals surface area (Å²) in [6.45, 7) is 1.83. The molecule has 88 valence electrons. The summed E-state index contributed by atoms with van der Waals surface area (Å²) in [4.78, 5) is 4.27. The number of nitrogens with one attached hydrogen (secondary N) is 1. The molecule has 1 aromatic carbocycles. The lowest BCUT2D eigenvalue weighted by atomic mass is 9.92. The average Bonchev–Trinajstić information content (AvgIpc) is 2.71. The summed E-state index contributed by atoms with van der Waals surface area (Å²) >= 11 is 0. The fourth-order valence-corrected chi connectivity index (χ4v) is 1.97. The van der Waals surface area contributed by atoms with Crippen LogP contribution in [0.3, 0.4) is 0 Å². The summed E-state index contributed by atoms with van der Waals surface area (Å²) in [6, 6.07) is 8.68. The van der Waals surface area contributed by atoms with Crippen LogP contribution in [0.15, 0.2) is 28.8 Å². The van der Waals surface area contributed by atoms with Crippen LogP contribution < -0.4 is 5.32 Å². The maximum Gasteiger partial charge on any atom is 0.260 e. The molecule has 4 nitrogen and oxygen atoms in total. The Kier molecular flexibility index (Phi) is 2.55. The smallest absolute Gasteiger partial charge is 0.260 e. The summed E-state index contributed by atoms with van der Waals surface area (Å²) in [5, 5.41) is 7.36. The van der Waals surface area contributed by atoms with Crippen molar-refractivity contribution in [1.29, 1.82) is 0 Å². The second-order valence-corrected chi connectivity index (χ2v) is 4.46. The van der Waals surface area contributed by atoms with Crippen molar-refractivity contribution < 1.29 is 4.52 Å². The van der Waals surface area contributed by atoms with Crippen LogP contribution in [0.2, 0.25) is 0 Å². The van der Waals surface area contributed by atoms with E-state index in [9.17, 15) is 0 Å². The number of nitrogens with zero attached hydrogens (tertiary/aromatic N) is 2. The highest BCUT2D eigenvalue weighted by Crippen LogP contribution is 2.30. The number of hydrogen-bond acceptors (Lipinski definition) is 4. The average molecular weight is 229 g/mol. The molecule has 0 saturated heterocycles. The summed E-state index contributed by atoms with van der Waals surface area (Å²) in [5.74, 6) is 1.25. The van der Waals surface area contributed by atoms with Crippen LogP contribution in [0.4, 0.5) is 5.69 Å². The standard InChI is InChI=1S/C13H15N3O/c1-9-14-13(17-16-9)11-7-2-3-8-12(11)15-10-5-4-6-10/h2-3,7-8,10,15H,4-6H2,1H3. The Balaban J connectivity index is 1.92. The third kappa shape index (κ3) is 2.02. The Hall–Kier alpha value is -1.84. The van der Waals surface area contributed by atoms with Crippen molar-refractivity contribution in [2.75, 3.05) is 5.32 Å². The number of aryl methyl sites for hydroxylation is 1. The van der Waals surface area contributed by atoms with Gasteiger partial charge in [0, 0.05) is 11.7 Å². The van der Waals surface area contributed by atoms with Gasteiger partial charge in [-0.15, -0.1) is 0 Å². The van der Waals surface area contributed by atoms with E-state index in [1.807, 2.05) is 25.1 Å². The zero-order valence-electron chi connectivity index (χ0n) is 9.81. The molecule has 1 saturated carbocycles. The SMILES string of the molecule is Cc1noc(-c2ccccc2NC2CCC2)n1. The molecule has 1 heterocycles. The van der Waals surface area contributed by atoms with Crippen LogP contribution in [0.25, 0.3) is 11.5 Å². The number of rotatable bonds is 3. The molecule has 1 aliphatic rings. The molecule has 1 N–H and O–H groups in total. The van der Waals surface area contributed by atoms with Crippen molar-refractivity contribution >= 4 is 5.69 Å². The Bertz CT molecular complexity index is 517. The van der Waals surface area contributed by atoms with Gasteiger partial charge >= 0.3 is 0 Å². The van der Waals surface area contributed by atoms with E-state index < -0.39 is 0 Å². The van der Waals surface area contributed by atoms with Crippen LogP contribution in [-0.4, -0.2) is 16.2 Å². The molecule has 1 fully saturated rings. The van der Waals surface area contributed by atoms with Crippen LogP contribution in [0.1, 0.15) is 25.1 Å². The van der Waals surface area contributed by atoms with E-state index in [0.29, 0.717) is 17.8 Å². The summed E-state index contributed by atoms with van der Waals surface area (Å²) in [7, 11) is 0. The number of hydrogen-bond donors (Lipinski definition) is 1. The fraction of sp³-hybridized carbons (Fsp3) is 0.385. The lowest BCUT2D eigenvalue weighted by Crippen LogP contribution is -2.27. The molecule has 0 radical (unpaired) electrons. The van der Waals surface area contributed by atoms with Gasteiger partial charge in [-0.1, -0.05) is 17.3 Å². The van der Waals surface area contributed by atoms with Crippen molar-refractivity contribution in [3.63, 3.8) is 0 Å². The molecule has 0 bridgehead atoms. The van der Waals surface area contributed by atoms with Crippen LogP contribution in [0.5, 0.6) is 0 Å². The van der Waals surface area contributed by atoms with Gasteiger partial charge in [-0.3, -0.25) is 0 Å². The van der Waals surface area contributed by atoms with Gasteiger partial charge in [-0.2, -0.15) is 4.98 Å². The Morgan fingerprint density at radius 2 is 2.12 bits per heavy atom. The van der Waals surface area contributed by atoms with E-state index in [0.717, 1.165) is 11.3 Å². The van der Waals surface area contributed by atoms with Crippen LogP contribution in [-0.2, 0) is 0 Å². The highest BCUT2D eigenvalue weighted by atomic mass is 16.5. The van der Waals surface area contributed by atoms with E-state index in [1.165, 1.54) is 19.3 Å². The van der Waals surface area contributed by atoms with Crippen molar-refractivity contribution in [3.05, 3.63) is 30.1 Å². The van der Waals surface area contributed by atoms with Crippen molar-refractivity contribution in [3.8, 4) is 11.5 Å². The highest BCUT2D eigenvalue weighted by Gasteiger charge is 2.19. The number of aromatic nitrogens is 2. The van der Waals surface area contributed by atoms with Crippen molar-refractivity contribution in [1.82, 2.24) is 10.1 Å². The van der Waals surface area contributed by atoms with E-state index >= 15 is 0 Å². The number of anilines is 1.